The van der Waals surface area contributed by atoms with Gasteiger partial charge in [-0.15, -0.1) is 10.2 Å². The summed E-state index contributed by atoms with van der Waals surface area (Å²) in [7, 11) is 3.03. The molecule has 1 atom stereocenters. The van der Waals surface area contributed by atoms with E-state index in [1.807, 2.05) is 24.3 Å². The average Bonchev–Trinajstić information content (AvgIpc) is 3.11. The van der Waals surface area contributed by atoms with Crippen molar-refractivity contribution in [3.8, 4) is 5.75 Å². The van der Waals surface area contributed by atoms with Gasteiger partial charge in [0.05, 0.1) is 14.2 Å². The smallest absolute Gasteiger partial charge is 0.358 e. The fraction of sp³-hybridized carbons (Fsp3) is 0.353. The Morgan fingerprint density at radius 1 is 1.17 bits per heavy atom. The van der Waals surface area contributed by atoms with Crippen molar-refractivity contribution in [2.24, 2.45) is 0 Å². The molecule has 1 unspecified atom stereocenters. The van der Waals surface area contributed by atoms with Crippen molar-refractivity contribution < 1.29 is 14.3 Å². The first-order chi connectivity index (χ1) is 11.2. The topological polar surface area (TPSA) is 64.5 Å². The second-order valence-corrected chi connectivity index (χ2v) is 5.44. The highest BCUT2D eigenvalue weighted by Crippen LogP contribution is 2.34. The first-order valence-electron chi connectivity index (χ1n) is 7.53. The number of hydrogen-bond acceptors (Lipinski definition) is 6. The van der Waals surface area contributed by atoms with E-state index in [2.05, 4.69) is 25.9 Å². The van der Waals surface area contributed by atoms with Crippen LogP contribution in [-0.4, -0.2) is 43.5 Å². The number of carbonyl (C=O) groups is 1. The van der Waals surface area contributed by atoms with Gasteiger partial charge in [-0.05, 0) is 30.2 Å². The van der Waals surface area contributed by atoms with Crippen LogP contribution in [0.25, 0.3) is 0 Å². The van der Waals surface area contributed by atoms with Gasteiger partial charge in [0.15, 0.2) is 11.5 Å². The molecule has 0 bridgehead atoms. The number of carbonyl (C=O) groups excluding carboxylic acids is 1. The van der Waals surface area contributed by atoms with Crippen molar-refractivity contribution in [2.45, 2.75) is 12.3 Å². The van der Waals surface area contributed by atoms with E-state index in [0.29, 0.717) is 5.92 Å². The second kappa shape index (κ2) is 6.64. The predicted octanol–water partition coefficient (Wildman–Crippen LogP) is 2.27. The lowest BCUT2D eigenvalue weighted by molar-refractivity contribution is 0.0592. The molecule has 1 saturated heterocycles. The first-order valence-corrected chi connectivity index (χ1v) is 7.53. The number of aromatic nitrogens is 2. The molecule has 1 fully saturated rings. The number of ether oxygens (including phenoxy) is 2. The zero-order chi connectivity index (χ0) is 16.2. The standard InChI is InChI=1S/C17H19N3O3/c1-22-15-6-4-3-5-13(15)12-9-10-20(11-12)16-8-7-14(18-19-16)17(21)23-2/h3-8,12H,9-11H2,1-2H3. The van der Waals surface area contributed by atoms with Crippen molar-refractivity contribution in [1.29, 1.82) is 0 Å². The Labute approximate surface area is 135 Å². The molecule has 0 N–H and O–H groups in total. The molecule has 2 heterocycles. The van der Waals surface area contributed by atoms with Gasteiger partial charge in [0, 0.05) is 19.0 Å². The van der Waals surface area contributed by atoms with Crippen LogP contribution in [0.3, 0.4) is 0 Å². The number of rotatable bonds is 4. The van der Waals surface area contributed by atoms with Crippen LogP contribution < -0.4 is 9.64 Å². The molecule has 1 aliphatic rings. The zero-order valence-corrected chi connectivity index (χ0v) is 13.2. The Hall–Kier alpha value is -2.63. The summed E-state index contributed by atoms with van der Waals surface area (Å²) in [6, 6.07) is 11.6. The number of nitrogens with zero attached hydrogens (tertiary/aromatic N) is 3. The van der Waals surface area contributed by atoms with Crippen LogP contribution in [0.15, 0.2) is 36.4 Å². The summed E-state index contributed by atoms with van der Waals surface area (Å²) in [5, 5.41) is 8.08. The van der Waals surface area contributed by atoms with Gasteiger partial charge in [-0.1, -0.05) is 18.2 Å². The van der Waals surface area contributed by atoms with E-state index < -0.39 is 5.97 Å². The van der Waals surface area contributed by atoms with Crippen LogP contribution in [-0.2, 0) is 4.74 Å². The molecule has 3 rings (SSSR count). The third-order valence-corrected chi connectivity index (χ3v) is 4.14. The summed E-state index contributed by atoms with van der Waals surface area (Å²) in [6.07, 6.45) is 1.03. The third-order valence-electron chi connectivity index (χ3n) is 4.14. The van der Waals surface area contributed by atoms with Crippen LogP contribution in [0, 0.1) is 0 Å². The summed E-state index contributed by atoms with van der Waals surface area (Å²) in [5.74, 6) is 1.62. The van der Waals surface area contributed by atoms with Gasteiger partial charge in [-0.2, -0.15) is 0 Å². The van der Waals surface area contributed by atoms with Gasteiger partial charge in [0.2, 0.25) is 0 Å². The molecule has 23 heavy (non-hydrogen) atoms. The van der Waals surface area contributed by atoms with Crippen molar-refractivity contribution in [1.82, 2.24) is 10.2 Å². The van der Waals surface area contributed by atoms with Crippen LogP contribution in [0.4, 0.5) is 5.82 Å². The normalized spacial score (nSPS) is 17.1. The first kappa shape index (κ1) is 15.3. The molecule has 6 heteroatoms. The quantitative estimate of drug-likeness (QED) is 0.807. The number of methoxy groups -OCH3 is 2. The third kappa shape index (κ3) is 3.11. The highest BCUT2D eigenvalue weighted by atomic mass is 16.5. The van der Waals surface area contributed by atoms with Crippen LogP contribution in [0.5, 0.6) is 5.75 Å². The zero-order valence-electron chi connectivity index (χ0n) is 13.2. The van der Waals surface area contributed by atoms with E-state index >= 15 is 0 Å². The Balaban J connectivity index is 1.73. The van der Waals surface area contributed by atoms with Crippen molar-refractivity contribution >= 4 is 11.8 Å². The predicted molar refractivity (Wildman–Crippen MR) is 85.9 cm³/mol. The molecule has 2 aromatic rings. The molecule has 1 aromatic carbocycles. The lowest BCUT2D eigenvalue weighted by atomic mass is 9.97. The fourth-order valence-corrected chi connectivity index (χ4v) is 2.93. The van der Waals surface area contributed by atoms with Gasteiger partial charge < -0.3 is 14.4 Å². The minimum atomic E-state index is -0.475. The molecule has 0 spiro atoms. The summed E-state index contributed by atoms with van der Waals surface area (Å²) >= 11 is 0. The maximum absolute atomic E-state index is 11.4. The van der Waals surface area contributed by atoms with Gasteiger partial charge in [-0.25, -0.2) is 4.79 Å². The summed E-state index contributed by atoms with van der Waals surface area (Å²) in [6.45, 7) is 1.75. The minimum absolute atomic E-state index is 0.219. The molecule has 1 aromatic heterocycles. The number of para-hydroxylation sites is 1. The van der Waals surface area contributed by atoms with Crippen molar-refractivity contribution in [3.63, 3.8) is 0 Å². The summed E-state index contributed by atoms with van der Waals surface area (Å²) < 4.78 is 10.1. The molecule has 120 valence electrons. The van der Waals surface area contributed by atoms with E-state index in [-0.39, 0.29) is 5.69 Å². The molecular weight excluding hydrogens is 294 g/mol. The van der Waals surface area contributed by atoms with Gasteiger partial charge in [0.25, 0.3) is 0 Å². The SMILES string of the molecule is COC(=O)c1ccc(N2CCC(c3ccccc3OC)C2)nn1. The number of benzene rings is 1. The van der Waals surface area contributed by atoms with E-state index in [4.69, 9.17) is 4.74 Å². The van der Waals surface area contributed by atoms with Crippen LogP contribution >= 0.6 is 0 Å². The largest absolute Gasteiger partial charge is 0.496 e. The Morgan fingerprint density at radius 3 is 2.70 bits per heavy atom. The maximum atomic E-state index is 11.4. The van der Waals surface area contributed by atoms with E-state index in [1.165, 1.54) is 12.7 Å². The fourth-order valence-electron chi connectivity index (χ4n) is 2.93. The van der Waals surface area contributed by atoms with Crippen molar-refractivity contribution in [3.05, 3.63) is 47.7 Å². The van der Waals surface area contributed by atoms with Crippen LogP contribution in [0.2, 0.25) is 0 Å². The van der Waals surface area contributed by atoms with Crippen molar-refractivity contribution in [2.75, 3.05) is 32.2 Å². The number of anilines is 1. The van der Waals surface area contributed by atoms with E-state index in [0.717, 1.165) is 31.1 Å². The lowest BCUT2D eigenvalue weighted by Crippen LogP contribution is -2.21. The Kier molecular flexibility index (Phi) is 4.41. The second-order valence-electron chi connectivity index (χ2n) is 5.44. The average molecular weight is 313 g/mol. The number of esters is 1. The minimum Gasteiger partial charge on any atom is -0.496 e. The van der Waals surface area contributed by atoms with Crippen LogP contribution in [0.1, 0.15) is 28.4 Å². The molecule has 0 saturated carbocycles. The number of hydrogen-bond donors (Lipinski definition) is 0. The maximum Gasteiger partial charge on any atom is 0.358 e. The van der Waals surface area contributed by atoms with Gasteiger partial charge in [0.1, 0.15) is 5.75 Å². The van der Waals surface area contributed by atoms with E-state index in [1.54, 1.807) is 13.2 Å². The highest BCUT2D eigenvalue weighted by molar-refractivity contribution is 5.86. The summed E-state index contributed by atoms with van der Waals surface area (Å²) in [5.41, 5.74) is 1.44. The monoisotopic (exact) mass is 313 g/mol. The Morgan fingerprint density at radius 2 is 2.00 bits per heavy atom. The highest BCUT2D eigenvalue weighted by Gasteiger charge is 2.27. The molecule has 0 radical (unpaired) electrons. The van der Waals surface area contributed by atoms with E-state index in [9.17, 15) is 4.79 Å². The lowest BCUT2D eigenvalue weighted by Gasteiger charge is -2.18. The molecule has 0 aliphatic carbocycles. The molecular formula is C17H19N3O3. The Bertz CT molecular complexity index is 688. The summed E-state index contributed by atoms with van der Waals surface area (Å²) in [4.78, 5) is 13.6. The molecule has 0 amide bonds. The molecule has 1 aliphatic heterocycles. The van der Waals surface area contributed by atoms with Gasteiger partial charge in [-0.3, -0.25) is 0 Å². The molecule has 6 nitrogen and oxygen atoms in total. The van der Waals surface area contributed by atoms with Gasteiger partial charge >= 0.3 is 5.97 Å².